The highest BCUT2D eigenvalue weighted by atomic mass is 32.2. The molecule has 0 bridgehead atoms. The fourth-order valence-electron chi connectivity index (χ4n) is 2.94. The van der Waals surface area contributed by atoms with E-state index >= 15 is 0 Å². The molecule has 0 saturated heterocycles. The fraction of sp³-hybridized carbons (Fsp3) is 0.130. The van der Waals surface area contributed by atoms with Crippen molar-refractivity contribution in [3.8, 4) is 0 Å². The number of anilines is 1. The van der Waals surface area contributed by atoms with Crippen LogP contribution in [0.2, 0.25) is 0 Å². The lowest BCUT2D eigenvalue weighted by molar-refractivity contribution is -0.116. The SMILES string of the molecule is CC(=O)c1cccc(NC(=O)CN(Cc2ccc(F)cc2)S(=O)(=O)c2ccccc2)c1. The largest absolute Gasteiger partial charge is 0.325 e. The zero-order chi connectivity index (χ0) is 22.4. The summed E-state index contributed by atoms with van der Waals surface area (Å²) in [7, 11) is -3.99. The zero-order valence-corrected chi connectivity index (χ0v) is 17.6. The highest BCUT2D eigenvalue weighted by Crippen LogP contribution is 2.19. The van der Waals surface area contributed by atoms with E-state index in [0.717, 1.165) is 4.31 Å². The summed E-state index contributed by atoms with van der Waals surface area (Å²) in [5.41, 5.74) is 1.35. The predicted octanol–water partition coefficient (Wildman–Crippen LogP) is 3.86. The molecule has 0 aliphatic carbocycles. The summed E-state index contributed by atoms with van der Waals surface area (Å²) in [6, 6.07) is 19.6. The van der Waals surface area contributed by atoms with E-state index in [0.29, 0.717) is 16.8 Å². The minimum atomic E-state index is -3.99. The summed E-state index contributed by atoms with van der Waals surface area (Å²) >= 11 is 0. The molecule has 31 heavy (non-hydrogen) atoms. The molecule has 160 valence electrons. The van der Waals surface area contributed by atoms with Gasteiger partial charge in [0.05, 0.1) is 11.4 Å². The molecule has 8 heteroatoms. The van der Waals surface area contributed by atoms with Crippen LogP contribution in [-0.4, -0.2) is 31.0 Å². The van der Waals surface area contributed by atoms with Crippen LogP contribution < -0.4 is 5.32 Å². The summed E-state index contributed by atoms with van der Waals surface area (Å²) in [5.74, 6) is -1.16. The van der Waals surface area contributed by atoms with Crippen molar-refractivity contribution >= 4 is 27.4 Å². The molecule has 1 N–H and O–H groups in total. The number of ketones is 1. The lowest BCUT2D eigenvalue weighted by Crippen LogP contribution is -2.37. The third-order valence-electron chi connectivity index (χ3n) is 4.53. The maximum atomic E-state index is 13.2. The Kier molecular flexibility index (Phi) is 6.94. The Labute approximate surface area is 180 Å². The summed E-state index contributed by atoms with van der Waals surface area (Å²) in [6.45, 7) is 0.842. The first-order valence-electron chi connectivity index (χ1n) is 9.46. The standard InChI is InChI=1S/C23H21FN2O4S/c1-17(27)19-6-5-7-21(14-19)25-23(28)16-26(15-18-10-12-20(24)13-11-18)31(29,30)22-8-3-2-4-9-22/h2-14H,15-16H2,1H3,(H,25,28). The van der Waals surface area contributed by atoms with Gasteiger partial charge in [-0.25, -0.2) is 12.8 Å². The summed E-state index contributed by atoms with van der Waals surface area (Å²) in [4.78, 5) is 24.3. The number of sulfonamides is 1. The lowest BCUT2D eigenvalue weighted by Gasteiger charge is -2.22. The van der Waals surface area contributed by atoms with Crippen molar-refractivity contribution in [2.45, 2.75) is 18.4 Å². The number of nitrogens with one attached hydrogen (secondary N) is 1. The van der Waals surface area contributed by atoms with Gasteiger partial charge in [-0.05, 0) is 48.9 Å². The van der Waals surface area contributed by atoms with E-state index < -0.39 is 28.3 Å². The van der Waals surface area contributed by atoms with Crippen molar-refractivity contribution in [3.05, 3.63) is 95.8 Å². The first-order valence-corrected chi connectivity index (χ1v) is 10.9. The number of carbonyl (C=O) groups is 2. The number of rotatable bonds is 8. The van der Waals surface area contributed by atoms with E-state index in [-0.39, 0.29) is 17.2 Å². The second kappa shape index (κ2) is 9.63. The van der Waals surface area contributed by atoms with Crippen LogP contribution in [-0.2, 0) is 21.4 Å². The quantitative estimate of drug-likeness (QED) is 0.539. The summed E-state index contributed by atoms with van der Waals surface area (Å²) < 4.78 is 40.6. The van der Waals surface area contributed by atoms with Gasteiger partial charge in [0.25, 0.3) is 0 Å². The molecule has 1 amide bonds. The second-order valence-electron chi connectivity index (χ2n) is 6.90. The molecule has 0 heterocycles. The number of benzene rings is 3. The first-order chi connectivity index (χ1) is 14.8. The average Bonchev–Trinajstić information content (AvgIpc) is 2.75. The predicted molar refractivity (Wildman–Crippen MR) is 116 cm³/mol. The van der Waals surface area contributed by atoms with Gasteiger partial charge in [0.15, 0.2) is 5.78 Å². The zero-order valence-electron chi connectivity index (χ0n) is 16.8. The molecule has 0 saturated carbocycles. The maximum Gasteiger partial charge on any atom is 0.243 e. The van der Waals surface area contributed by atoms with Gasteiger partial charge in [-0.3, -0.25) is 9.59 Å². The number of hydrogen-bond acceptors (Lipinski definition) is 4. The Bertz CT molecular complexity index is 1180. The molecule has 3 aromatic carbocycles. The number of hydrogen-bond donors (Lipinski definition) is 1. The van der Waals surface area contributed by atoms with Gasteiger partial charge in [0.2, 0.25) is 15.9 Å². The van der Waals surface area contributed by atoms with Crippen LogP contribution >= 0.6 is 0 Å². The van der Waals surface area contributed by atoms with E-state index in [1.807, 2.05) is 0 Å². The topological polar surface area (TPSA) is 83.6 Å². The molecule has 0 aromatic heterocycles. The summed E-state index contributed by atoms with van der Waals surface area (Å²) in [6.07, 6.45) is 0. The minimum absolute atomic E-state index is 0.0449. The minimum Gasteiger partial charge on any atom is -0.325 e. The Hall–Kier alpha value is -3.36. The second-order valence-corrected chi connectivity index (χ2v) is 8.84. The maximum absolute atomic E-state index is 13.2. The Morgan fingerprint density at radius 2 is 1.61 bits per heavy atom. The van der Waals surface area contributed by atoms with Crippen LogP contribution in [0.1, 0.15) is 22.8 Å². The number of carbonyl (C=O) groups excluding carboxylic acids is 2. The summed E-state index contributed by atoms with van der Waals surface area (Å²) in [5, 5.41) is 2.63. The average molecular weight is 440 g/mol. The van der Waals surface area contributed by atoms with Crippen molar-refractivity contribution in [1.82, 2.24) is 4.31 Å². The van der Waals surface area contributed by atoms with E-state index in [1.54, 1.807) is 36.4 Å². The van der Waals surface area contributed by atoms with Crippen molar-refractivity contribution in [1.29, 1.82) is 0 Å². The van der Waals surface area contributed by atoms with Gasteiger partial charge in [0.1, 0.15) is 5.82 Å². The normalized spacial score (nSPS) is 11.3. The molecule has 0 aliphatic rings. The van der Waals surface area contributed by atoms with E-state index in [9.17, 15) is 22.4 Å². The van der Waals surface area contributed by atoms with Gasteiger partial charge < -0.3 is 5.32 Å². The molecule has 0 radical (unpaired) electrons. The smallest absolute Gasteiger partial charge is 0.243 e. The van der Waals surface area contributed by atoms with E-state index in [1.165, 1.54) is 49.4 Å². The molecular formula is C23H21FN2O4S. The van der Waals surface area contributed by atoms with E-state index in [4.69, 9.17) is 0 Å². The number of amides is 1. The molecule has 3 rings (SSSR count). The molecule has 0 spiro atoms. The first kappa shape index (κ1) is 22.3. The van der Waals surface area contributed by atoms with E-state index in [2.05, 4.69) is 5.32 Å². The van der Waals surface area contributed by atoms with Gasteiger partial charge in [0, 0.05) is 17.8 Å². The Morgan fingerprint density at radius 1 is 0.935 bits per heavy atom. The van der Waals surface area contributed by atoms with Crippen molar-refractivity contribution in [2.75, 3.05) is 11.9 Å². The molecule has 0 aliphatic heterocycles. The van der Waals surface area contributed by atoms with Gasteiger partial charge in [-0.2, -0.15) is 4.31 Å². The van der Waals surface area contributed by atoms with Crippen LogP contribution in [0.15, 0.2) is 83.8 Å². The highest BCUT2D eigenvalue weighted by molar-refractivity contribution is 7.89. The Balaban J connectivity index is 1.85. The molecule has 0 unspecified atom stereocenters. The molecule has 3 aromatic rings. The number of nitrogens with zero attached hydrogens (tertiary/aromatic N) is 1. The molecule has 6 nitrogen and oxygen atoms in total. The van der Waals surface area contributed by atoms with Gasteiger partial charge >= 0.3 is 0 Å². The van der Waals surface area contributed by atoms with Crippen LogP contribution in [0.3, 0.4) is 0 Å². The highest BCUT2D eigenvalue weighted by Gasteiger charge is 2.27. The lowest BCUT2D eigenvalue weighted by atomic mass is 10.1. The van der Waals surface area contributed by atoms with Crippen LogP contribution in [0.5, 0.6) is 0 Å². The van der Waals surface area contributed by atoms with Crippen LogP contribution in [0.4, 0.5) is 10.1 Å². The molecule has 0 fully saturated rings. The van der Waals surface area contributed by atoms with Crippen LogP contribution in [0, 0.1) is 5.82 Å². The monoisotopic (exact) mass is 440 g/mol. The number of halogens is 1. The Morgan fingerprint density at radius 3 is 2.26 bits per heavy atom. The van der Waals surface area contributed by atoms with Crippen molar-refractivity contribution in [3.63, 3.8) is 0 Å². The third kappa shape index (κ3) is 5.84. The van der Waals surface area contributed by atoms with Gasteiger partial charge in [-0.1, -0.05) is 42.5 Å². The number of Topliss-reactive ketones (excluding diaryl/α,β-unsaturated/α-hetero) is 1. The van der Waals surface area contributed by atoms with Gasteiger partial charge in [-0.15, -0.1) is 0 Å². The fourth-order valence-corrected chi connectivity index (χ4v) is 4.34. The van der Waals surface area contributed by atoms with Crippen molar-refractivity contribution < 1.29 is 22.4 Å². The molecule has 0 atom stereocenters. The van der Waals surface area contributed by atoms with Crippen LogP contribution in [0.25, 0.3) is 0 Å². The third-order valence-corrected chi connectivity index (χ3v) is 6.33. The molecular weight excluding hydrogens is 419 g/mol. The van der Waals surface area contributed by atoms with Crippen molar-refractivity contribution in [2.24, 2.45) is 0 Å².